The molecule has 1 aromatic carbocycles. The topological polar surface area (TPSA) is 90.3 Å². The van der Waals surface area contributed by atoms with E-state index in [2.05, 4.69) is 11.4 Å². The summed E-state index contributed by atoms with van der Waals surface area (Å²) in [5, 5.41) is 12.5. The zero-order valence-corrected chi connectivity index (χ0v) is 18.5. The monoisotopic (exact) mass is 451 g/mol. The molecule has 0 spiro atoms. The summed E-state index contributed by atoms with van der Waals surface area (Å²) in [4.78, 5) is 13.7. The Labute approximate surface area is 180 Å². The van der Waals surface area contributed by atoms with Crippen LogP contribution in [0.1, 0.15) is 53.4 Å². The molecule has 1 aromatic heterocycles. The van der Waals surface area contributed by atoms with E-state index >= 15 is 0 Å². The van der Waals surface area contributed by atoms with Gasteiger partial charge in [0.25, 0.3) is 5.91 Å². The van der Waals surface area contributed by atoms with Gasteiger partial charge in [-0.3, -0.25) is 4.79 Å². The van der Waals surface area contributed by atoms with Gasteiger partial charge in [-0.05, 0) is 43.5 Å². The minimum absolute atomic E-state index is 0.0605. The summed E-state index contributed by atoms with van der Waals surface area (Å²) in [6, 6.07) is 8.05. The van der Waals surface area contributed by atoms with E-state index in [1.54, 1.807) is 6.07 Å². The van der Waals surface area contributed by atoms with Crippen molar-refractivity contribution < 1.29 is 13.2 Å². The van der Waals surface area contributed by atoms with Crippen LogP contribution in [-0.4, -0.2) is 31.7 Å². The van der Waals surface area contributed by atoms with Gasteiger partial charge in [0.1, 0.15) is 16.0 Å². The molecule has 6 nitrogen and oxygen atoms in total. The minimum atomic E-state index is -3.79. The Balaban J connectivity index is 1.89. The van der Waals surface area contributed by atoms with Crippen LogP contribution in [0.2, 0.25) is 5.02 Å². The van der Waals surface area contributed by atoms with Gasteiger partial charge in [0, 0.05) is 23.5 Å². The standard InChI is InChI=1S/C20H22ClN3O3S2/c1-2-16-11-15(13-22)20(28-16)23-19(25)14-7-8-17(21)18(12-14)29(26,27)24-9-5-3-4-6-10-24/h7-8,11-12H,2-6,9-10H2,1H3,(H,23,25). The smallest absolute Gasteiger partial charge is 0.256 e. The Bertz CT molecular complexity index is 1050. The molecule has 0 unspecified atom stereocenters. The summed E-state index contributed by atoms with van der Waals surface area (Å²) in [6.45, 7) is 2.88. The highest BCUT2D eigenvalue weighted by molar-refractivity contribution is 7.89. The van der Waals surface area contributed by atoms with Crippen LogP contribution in [0.25, 0.3) is 0 Å². The molecule has 9 heteroatoms. The van der Waals surface area contributed by atoms with E-state index in [-0.39, 0.29) is 15.5 Å². The van der Waals surface area contributed by atoms with Crippen LogP contribution in [0.5, 0.6) is 0 Å². The Morgan fingerprint density at radius 2 is 1.93 bits per heavy atom. The van der Waals surface area contributed by atoms with Gasteiger partial charge in [-0.25, -0.2) is 8.42 Å². The second kappa shape index (κ2) is 9.26. The number of nitriles is 1. The van der Waals surface area contributed by atoms with Crippen LogP contribution in [0.15, 0.2) is 29.2 Å². The lowest BCUT2D eigenvalue weighted by Crippen LogP contribution is -2.32. The van der Waals surface area contributed by atoms with E-state index in [0.717, 1.165) is 37.0 Å². The first-order chi connectivity index (χ1) is 13.9. The van der Waals surface area contributed by atoms with Crippen LogP contribution in [-0.2, 0) is 16.4 Å². The molecule has 1 saturated heterocycles. The first-order valence-corrected chi connectivity index (χ1v) is 12.1. The third-order valence-corrected chi connectivity index (χ3v) is 8.43. The largest absolute Gasteiger partial charge is 0.312 e. The molecule has 2 aromatic rings. The molecule has 0 saturated carbocycles. The van der Waals surface area contributed by atoms with Crippen LogP contribution >= 0.6 is 22.9 Å². The lowest BCUT2D eigenvalue weighted by Gasteiger charge is -2.21. The van der Waals surface area contributed by atoms with Gasteiger partial charge in [-0.1, -0.05) is 31.4 Å². The van der Waals surface area contributed by atoms with E-state index in [9.17, 15) is 18.5 Å². The zero-order valence-electron chi connectivity index (χ0n) is 16.1. The van der Waals surface area contributed by atoms with Gasteiger partial charge in [0.15, 0.2) is 0 Å². The lowest BCUT2D eigenvalue weighted by molar-refractivity contribution is 0.102. The van der Waals surface area contributed by atoms with Crippen molar-refractivity contribution in [2.75, 3.05) is 18.4 Å². The first kappa shape index (κ1) is 21.8. The summed E-state index contributed by atoms with van der Waals surface area (Å²) in [6.07, 6.45) is 4.39. The summed E-state index contributed by atoms with van der Waals surface area (Å²) >= 11 is 7.53. The fourth-order valence-electron chi connectivity index (χ4n) is 3.23. The number of anilines is 1. The second-order valence-electron chi connectivity index (χ2n) is 6.84. The highest BCUT2D eigenvalue weighted by Crippen LogP contribution is 2.30. The van der Waals surface area contributed by atoms with Crippen molar-refractivity contribution in [2.24, 2.45) is 0 Å². The minimum Gasteiger partial charge on any atom is -0.312 e. The number of nitrogens with one attached hydrogen (secondary N) is 1. The van der Waals surface area contributed by atoms with Gasteiger partial charge >= 0.3 is 0 Å². The summed E-state index contributed by atoms with van der Waals surface area (Å²) in [5.74, 6) is -0.477. The average Bonchev–Trinajstić information content (AvgIpc) is 2.90. The first-order valence-electron chi connectivity index (χ1n) is 9.50. The van der Waals surface area contributed by atoms with Crippen molar-refractivity contribution in [1.29, 1.82) is 5.26 Å². The average molecular weight is 452 g/mol. The number of sulfonamides is 1. The molecule has 1 fully saturated rings. The fourth-order valence-corrected chi connectivity index (χ4v) is 6.19. The van der Waals surface area contributed by atoms with Gasteiger partial charge in [0.05, 0.1) is 10.6 Å². The molecule has 2 heterocycles. The van der Waals surface area contributed by atoms with E-state index in [4.69, 9.17) is 11.6 Å². The normalized spacial score (nSPS) is 15.5. The van der Waals surface area contributed by atoms with Gasteiger partial charge < -0.3 is 5.32 Å². The molecular formula is C20H22ClN3O3S2. The quantitative estimate of drug-likeness (QED) is 0.716. The number of benzene rings is 1. The van der Waals surface area contributed by atoms with Crippen LogP contribution < -0.4 is 5.32 Å². The predicted octanol–water partition coefficient (Wildman–Crippen LogP) is 4.65. The maximum absolute atomic E-state index is 13.1. The molecule has 29 heavy (non-hydrogen) atoms. The van der Waals surface area contributed by atoms with Crippen LogP contribution in [0.3, 0.4) is 0 Å². The number of rotatable bonds is 5. The number of hydrogen-bond donors (Lipinski definition) is 1. The van der Waals surface area contributed by atoms with E-state index in [1.807, 2.05) is 6.92 Å². The Hall–Kier alpha value is -1.92. The van der Waals surface area contributed by atoms with E-state index in [1.165, 1.54) is 33.8 Å². The molecule has 1 amide bonds. The highest BCUT2D eigenvalue weighted by Gasteiger charge is 2.28. The highest BCUT2D eigenvalue weighted by atomic mass is 35.5. The number of thiophene rings is 1. The Morgan fingerprint density at radius 3 is 2.55 bits per heavy atom. The van der Waals surface area contributed by atoms with Crippen LogP contribution in [0, 0.1) is 11.3 Å². The Morgan fingerprint density at radius 1 is 1.24 bits per heavy atom. The van der Waals surface area contributed by atoms with Crippen molar-refractivity contribution in [1.82, 2.24) is 4.31 Å². The third kappa shape index (κ3) is 4.81. The summed E-state index contributed by atoms with van der Waals surface area (Å²) < 4.78 is 27.7. The maximum atomic E-state index is 13.1. The summed E-state index contributed by atoms with van der Waals surface area (Å²) in [7, 11) is -3.79. The lowest BCUT2D eigenvalue weighted by atomic mass is 10.2. The number of carbonyl (C=O) groups excluding carboxylic acids is 1. The Kier molecular flexibility index (Phi) is 6.96. The molecule has 154 valence electrons. The van der Waals surface area contributed by atoms with Crippen molar-refractivity contribution in [3.8, 4) is 6.07 Å². The maximum Gasteiger partial charge on any atom is 0.256 e. The molecule has 0 radical (unpaired) electrons. The molecule has 0 aliphatic carbocycles. The van der Waals surface area contributed by atoms with Crippen molar-refractivity contribution in [3.63, 3.8) is 0 Å². The SMILES string of the molecule is CCc1cc(C#N)c(NC(=O)c2ccc(Cl)c(S(=O)(=O)N3CCCCCC3)c2)s1. The molecule has 1 aliphatic rings. The van der Waals surface area contributed by atoms with Gasteiger partial charge in [-0.15, -0.1) is 11.3 Å². The van der Waals surface area contributed by atoms with Crippen molar-refractivity contribution in [3.05, 3.63) is 45.3 Å². The number of hydrogen-bond acceptors (Lipinski definition) is 5. The number of amides is 1. The number of carbonyl (C=O) groups is 1. The fraction of sp³-hybridized carbons (Fsp3) is 0.400. The molecule has 1 aliphatic heterocycles. The van der Waals surface area contributed by atoms with E-state index < -0.39 is 15.9 Å². The van der Waals surface area contributed by atoms with Crippen molar-refractivity contribution in [2.45, 2.75) is 43.9 Å². The molecule has 1 N–H and O–H groups in total. The van der Waals surface area contributed by atoms with Crippen LogP contribution in [0.4, 0.5) is 5.00 Å². The zero-order chi connectivity index (χ0) is 21.0. The molecule has 0 bridgehead atoms. The van der Waals surface area contributed by atoms with Crippen molar-refractivity contribution >= 4 is 43.9 Å². The predicted molar refractivity (Wildman–Crippen MR) is 115 cm³/mol. The van der Waals surface area contributed by atoms with Gasteiger partial charge in [-0.2, -0.15) is 9.57 Å². The second-order valence-corrected chi connectivity index (χ2v) is 10.3. The number of nitrogens with zero attached hydrogens (tertiary/aromatic N) is 2. The molecule has 3 rings (SSSR count). The number of halogens is 1. The number of aryl methyl sites for hydroxylation is 1. The molecule has 0 atom stereocenters. The summed E-state index contributed by atoms with van der Waals surface area (Å²) in [5.41, 5.74) is 0.574. The van der Waals surface area contributed by atoms with E-state index in [0.29, 0.717) is 23.7 Å². The van der Waals surface area contributed by atoms with Gasteiger partial charge in [0.2, 0.25) is 10.0 Å². The molecular weight excluding hydrogens is 430 g/mol. The third-order valence-electron chi connectivity index (χ3n) is 4.86.